The molecule has 148 valence electrons. The number of hydrogen-bond donors (Lipinski definition) is 1. The van der Waals surface area contributed by atoms with E-state index in [0.717, 1.165) is 4.88 Å². The van der Waals surface area contributed by atoms with E-state index in [1.807, 2.05) is 44.4 Å². The van der Waals surface area contributed by atoms with E-state index >= 15 is 0 Å². The van der Waals surface area contributed by atoms with Crippen molar-refractivity contribution in [2.24, 2.45) is 0 Å². The SMILES string of the molecule is CC(C)(C)c1noc(-c2cccnc2-n2cnc(C(=O)NCc3cccs3)c2)n1. The molecule has 4 aromatic heterocycles. The molecule has 0 fully saturated rings. The summed E-state index contributed by atoms with van der Waals surface area (Å²) in [6, 6.07) is 7.57. The summed E-state index contributed by atoms with van der Waals surface area (Å²) in [5, 5.41) is 8.92. The highest BCUT2D eigenvalue weighted by atomic mass is 32.1. The maximum atomic E-state index is 12.4. The van der Waals surface area contributed by atoms with Gasteiger partial charge in [0.25, 0.3) is 11.8 Å². The van der Waals surface area contributed by atoms with Crippen LogP contribution in [0.4, 0.5) is 0 Å². The highest BCUT2D eigenvalue weighted by Gasteiger charge is 2.23. The minimum atomic E-state index is -0.248. The van der Waals surface area contributed by atoms with E-state index in [1.165, 1.54) is 0 Å². The highest BCUT2D eigenvalue weighted by molar-refractivity contribution is 7.09. The quantitative estimate of drug-likeness (QED) is 0.542. The summed E-state index contributed by atoms with van der Waals surface area (Å²) in [7, 11) is 0. The summed E-state index contributed by atoms with van der Waals surface area (Å²) < 4.78 is 7.14. The van der Waals surface area contributed by atoms with Crippen molar-refractivity contribution in [1.29, 1.82) is 0 Å². The second-order valence-electron chi connectivity index (χ2n) is 7.48. The number of carbonyl (C=O) groups excluding carboxylic acids is 1. The molecule has 1 amide bonds. The molecule has 0 aromatic carbocycles. The molecule has 29 heavy (non-hydrogen) atoms. The van der Waals surface area contributed by atoms with E-state index in [9.17, 15) is 4.79 Å². The van der Waals surface area contributed by atoms with Crippen LogP contribution in [0.5, 0.6) is 0 Å². The van der Waals surface area contributed by atoms with Gasteiger partial charge in [0, 0.05) is 22.7 Å². The van der Waals surface area contributed by atoms with Crippen molar-refractivity contribution in [2.45, 2.75) is 32.7 Å². The molecule has 0 spiro atoms. The lowest BCUT2D eigenvalue weighted by Gasteiger charge is -2.11. The monoisotopic (exact) mass is 408 g/mol. The molecule has 4 heterocycles. The van der Waals surface area contributed by atoms with E-state index in [0.29, 0.717) is 35.3 Å². The molecule has 0 atom stereocenters. The zero-order chi connectivity index (χ0) is 20.4. The number of pyridine rings is 1. The van der Waals surface area contributed by atoms with Gasteiger partial charge < -0.3 is 9.84 Å². The van der Waals surface area contributed by atoms with Gasteiger partial charge >= 0.3 is 0 Å². The Balaban J connectivity index is 1.58. The molecule has 0 radical (unpaired) electrons. The number of nitrogens with zero attached hydrogens (tertiary/aromatic N) is 5. The molecule has 4 aromatic rings. The Morgan fingerprint density at radius 2 is 2.10 bits per heavy atom. The maximum absolute atomic E-state index is 12.4. The molecular formula is C20H20N6O2S. The zero-order valence-corrected chi connectivity index (χ0v) is 17.1. The van der Waals surface area contributed by atoms with Crippen molar-refractivity contribution < 1.29 is 9.32 Å². The fraction of sp³-hybridized carbons (Fsp3) is 0.250. The number of thiophene rings is 1. The highest BCUT2D eigenvalue weighted by Crippen LogP contribution is 2.27. The van der Waals surface area contributed by atoms with Crippen LogP contribution in [0.2, 0.25) is 0 Å². The molecule has 0 aliphatic carbocycles. The second-order valence-corrected chi connectivity index (χ2v) is 8.51. The number of amides is 1. The lowest BCUT2D eigenvalue weighted by Crippen LogP contribution is -2.22. The van der Waals surface area contributed by atoms with Crippen molar-refractivity contribution in [3.05, 3.63) is 64.8 Å². The van der Waals surface area contributed by atoms with Gasteiger partial charge in [-0.05, 0) is 23.6 Å². The van der Waals surface area contributed by atoms with Crippen molar-refractivity contribution >= 4 is 17.2 Å². The minimum Gasteiger partial charge on any atom is -0.346 e. The van der Waals surface area contributed by atoms with Crippen LogP contribution in [0.15, 0.2) is 52.9 Å². The van der Waals surface area contributed by atoms with Crippen LogP contribution in [-0.2, 0) is 12.0 Å². The predicted molar refractivity (Wildman–Crippen MR) is 109 cm³/mol. The summed E-state index contributed by atoms with van der Waals surface area (Å²) in [5.74, 6) is 1.29. The third-order valence-corrected chi connectivity index (χ3v) is 5.05. The molecule has 0 unspecified atom stereocenters. The van der Waals surface area contributed by atoms with E-state index in [4.69, 9.17) is 4.52 Å². The lowest BCUT2D eigenvalue weighted by molar-refractivity contribution is 0.0946. The Bertz CT molecular complexity index is 1120. The second kappa shape index (κ2) is 7.59. The van der Waals surface area contributed by atoms with Gasteiger partial charge in [0.15, 0.2) is 11.6 Å². The standard InChI is InChI=1S/C20H20N6O2S/c1-20(2,3)19-24-18(28-25-19)14-7-4-8-21-16(14)26-11-15(23-12-26)17(27)22-10-13-6-5-9-29-13/h4-9,11-12H,10H2,1-3H3,(H,22,27). The predicted octanol–water partition coefficient (Wildman–Crippen LogP) is 3.61. The molecule has 9 heteroatoms. The van der Waals surface area contributed by atoms with Crippen molar-refractivity contribution in [1.82, 2.24) is 30.0 Å². The molecule has 0 aliphatic heterocycles. The number of hydrogen-bond acceptors (Lipinski definition) is 7. The number of rotatable bonds is 5. The summed E-state index contributed by atoms with van der Waals surface area (Å²) in [6.45, 7) is 6.52. The fourth-order valence-corrected chi connectivity index (χ4v) is 3.28. The Labute approximate surface area is 171 Å². The summed E-state index contributed by atoms with van der Waals surface area (Å²) >= 11 is 1.59. The molecule has 4 rings (SSSR count). The Morgan fingerprint density at radius 3 is 2.83 bits per heavy atom. The average molecular weight is 408 g/mol. The zero-order valence-electron chi connectivity index (χ0n) is 16.3. The Hall–Kier alpha value is -3.33. The van der Waals surface area contributed by atoms with Gasteiger partial charge in [-0.25, -0.2) is 9.97 Å². The summed E-state index contributed by atoms with van der Waals surface area (Å²) in [4.78, 5) is 26.6. The van der Waals surface area contributed by atoms with Crippen LogP contribution < -0.4 is 5.32 Å². The average Bonchev–Trinajstić information content (AvgIpc) is 3.47. The molecular weight excluding hydrogens is 388 g/mol. The minimum absolute atomic E-state index is 0.229. The Kier molecular flexibility index (Phi) is 4.98. The van der Waals surface area contributed by atoms with Crippen LogP contribution in [0.25, 0.3) is 17.3 Å². The molecule has 8 nitrogen and oxygen atoms in total. The van der Waals surface area contributed by atoms with E-state index in [2.05, 4.69) is 25.4 Å². The molecule has 0 bridgehead atoms. The van der Waals surface area contributed by atoms with Crippen LogP contribution >= 0.6 is 11.3 Å². The number of nitrogens with one attached hydrogen (secondary N) is 1. The number of imidazole rings is 1. The van der Waals surface area contributed by atoms with Crippen molar-refractivity contribution in [2.75, 3.05) is 0 Å². The van der Waals surface area contributed by atoms with Gasteiger partial charge in [-0.2, -0.15) is 4.98 Å². The van der Waals surface area contributed by atoms with Crippen LogP contribution in [0.3, 0.4) is 0 Å². The fourth-order valence-electron chi connectivity index (χ4n) is 2.63. The van der Waals surface area contributed by atoms with E-state index < -0.39 is 0 Å². The number of aromatic nitrogens is 5. The largest absolute Gasteiger partial charge is 0.346 e. The molecule has 0 saturated heterocycles. The first-order valence-electron chi connectivity index (χ1n) is 9.06. The molecule has 0 aliphatic rings. The lowest BCUT2D eigenvalue weighted by atomic mass is 9.96. The van der Waals surface area contributed by atoms with Crippen molar-refractivity contribution in [3.8, 4) is 17.3 Å². The first-order valence-corrected chi connectivity index (χ1v) is 9.94. The first kappa shape index (κ1) is 19.0. The number of carbonyl (C=O) groups is 1. The third-order valence-electron chi connectivity index (χ3n) is 4.18. The van der Waals surface area contributed by atoms with Gasteiger partial charge in [-0.15, -0.1) is 11.3 Å². The molecule has 0 saturated carbocycles. The molecule has 1 N–H and O–H groups in total. The topological polar surface area (TPSA) is 98.7 Å². The first-order chi connectivity index (χ1) is 13.9. The summed E-state index contributed by atoms with van der Waals surface area (Å²) in [5.41, 5.74) is 0.741. The maximum Gasteiger partial charge on any atom is 0.271 e. The normalized spacial score (nSPS) is 11.6. The summed E-state index contributed by atoms with van der Waals surface area (Å²) in [6.07, 6.45) is 4.85. The van der Waals surface area contributed by atoms with Crippen LogP contribution in [-0.4, -0.2) is 30.6 Å². The van der Waals surface area contributed by atoms with Gasteiger partial charge in [-0.3, -0.25) is 9.36 Å². The Morgan fingerprint density at radius 1 is 1.24 bits per heavy atom. The third kappa shape index (κ3) is 4.09. The van der Waals surface area contributed by atoms with E-state index in [-0.39, 0.29) is 11.3 Å². The van der Waals surface area contributed by atoms with Crippen LogP contribution in [0, 0.1) is 0 Å². The van der Waals surface area contributed by atoms with E-state index in [1.54, 1.807) is 40.7 Å². The van der Waals surface area contributed by atoms with Gasteiger partial charge in [0.2, 0.25) is 0 Å². The van der Waals surface area contributed by atoms with Gasteiger partial charge in [-0.1, -0.05) is 32.0 Å². The van der Waals surface area contributed by atoms with Crippen molar-refractivity contribution in [3.63, 3.8) is 0 Å². The van der Waals surface area contributed by atoms with Gasteiger partial charge in [0.1, 0.15) is 12.0 Å². The smallest absolute Gasteiger partial charge is 0.271 e. The van der Waals surface area contributed by atoms with Gasteiger partial charge in [0.05, 0.1) is 12.1 Å². The van der Waals surface area contributed by atoms with Crippen LogP contribution in [0.1, 0.15) is 42.0 Å².